The largest absolute Gasteiger partial charge is 0.335 e. The highest BCUT2D eigenvalue weighted by Gasteiger charge is 2.47. The predicted molar refractivity (Wildman–Crippen MR) is 66.0 cm³/mol. The lowest BCUT2D eigenvalue weighted by atomic mass is 9.77. The average molecular weight is 219 g/mol. The zero-order valence-corrected chi connectivity index (χ0v) is 9.90. The first kappa shape index (κ1) is 11.4. The summed E-state index contributed by atoms with van der Waals surface area (Å²) in [7, 11) is 0. The summed E-state index contributed by atoms with van der Waals surface area (Å²) in [5.74, 6) is 1.22. The third-order valence-electron chi connectivity index (χ3n) is 4.05. The number of carbonyl (C=O) groups is 1. The molecule has 1 saturated heterocycles. The second kappa shape index (κ2) is 4.86. The molecular formula is C14H21NO. The van der Waals surface area contributed by atoms with E-state index in [1.807, 2.05) is 17.1 Å². The molecular weight excluding hydrogens is 198 g/mol. The molecule has 1 aliphatic carbocycles. The summed E-state index contributed by atoms with van der Waals surface area (Å²) >= 11 is 0. The van der Waals surface area contributed by atoms with Crippen LogP contribution in [0, 0.1) is 11.8 Å². The van der Waals surface area contributed by atoms with E-state index in [1.54, 1.807) is 0 Å². The Hall–Kier alpha value is -1.05. The third-order valence-corrected chi connectivity index (χ3v) is 4.05. The van der Waals surface area contributed by atoms with E-state index in [0.717, 1.165) is 12.8 Å². The fourth-order valence-corrected chi connectivity index (χ4v) is 3.37. The van der Waals surface area contributed by atoms with Gasteiger partial charge in [-0.15, -0.1) is 13.2 Å². The summed E-state index contributed by atoms with van der Waals surface area (Å²) in [6.45, 7) is 8.27. The van der Waals surface area contributed by atoms with Gasteiger partial charge in [-0.25, -0.2) is 0 Å². The quantitative estimate of drug-likeness (QED) is 0.666. The zero-order chi connectivity index (χ0) is 11.5. The zero-order valence-electron chi connectivity index (χ0n) is 9.90. The standard InChI is InChI=1S/C14H21NO/c1-3-7-13-11-8-5-6-9-12(11)14(16)15(13)10-4-2/h3-4,11-13H,1-2,5-10H2. The number of fused-ring (bicyclic) bond motifs is 1. The summed E-state index contributed by atoms with van der Waals surface area (Å²) in [6, 6.07) is 0.383. The van der Waals surface area contributed by atoms with Crippen LogP contribution in [0.15, 0.2) is 25.3 Å². The molecule has 2 fully saturated rings. The Bertz CT molecular complexity index is 297. The van der Waals surface area contributed by atoms with Crippen LogP contribution in [0.25, 0.3) is 0 Å². The molecule has 2 heteroatoms. The van der Waals surface area contributed by atoms with Crippen molar-refractivity contribution in [3.8, 4) is 0 Å². The van der Waals surface area contributed by atoms with Crippen LogP contribution in [0.1, 0.15) is 32.1 Å². The van der Waals surface area contributed by atoms with Crippen molar-refractivity contribution in [2.24, 2.45) is 11.8 Å². The van der Waals surface area contributed by atoms with E-state index in [0.29, 0.717) is 30.3 Å². The topological polar surface area (TPSA) is 20.3 Å². The average Bonchev–Trinajstić information content (AvgIpc) is 2.57. The lowest BCUT2D eigenvalue weighted by Gasteiger charge is -2.28. The highest BCUT2D eigenvalue weighted by atomic mass is 16.2. The molecule has 88 valence electrons. The first-order chi connectivity index (χ1) is 7.79. The second-order valence-corrected chi connectivity index (χ2v) is 4.93. The molecule has 0 aromatic rings. The van der Waals surface area contributed by atoms with Gasteiger partial charge in [0.05, 0.1) is 0 Å². The van der Waals surface area contributed by atoms with Crippen LogP contribution in [0.5, 0.6) is 0 Å². The molecule has 1 amide bonds. The highest BCUT2D eigenvalue weighted by Crippen LogP contribution is 2.42. The summed E-state index contributed by atoms with van der Waals surface area (Å²) in [5.41, 5.74) is 0. The Labute approximate surface area is 98.0 Å². The van der Waals surface area contributed by atoms with E-state index in [4.69, 9.17) is 0 Å². The molecule has 3 atom stereocenters. The van der Waals surface area contributed by atoms with E-state index in [-0.39, 0.29) is 0 Å². The summed E-state index contributed by atoms with van der Waals surface area (Å²) < 4.78 is 0. The fraction of sp³-hybridized carbons (Fsp3) is 0.643. The number of rotatable bonds is 4. The molecule has 3 unspecified atom stereocenters. The molecule has 2 aliphatic rings. The highest BCUT2D eigenvalue weighted by molar-refractivity contribution is 5.82. The monoisotopic (exact) mass is 219 g/mol. The van der Waals surface area contributed by atoms with Crippen LogP contribution in [-0.4, -0.2) is 23.4 Å². The molecule has 2 nitrogen and oxygen atoms in total. The maximum absolute atomic E-state index is 12.3. The molecule has 0 aromatic carbocycles. The van der Waals surface area contributed by atoms with Crippen molar-refractivity contribution in [1.29, 1.82) is 0 Å². The fourth-order valence-electron chi connectivity index (χ4n) is 3.37. The molecule has 0 radical (unpaired) electrons. The van der Waals surface area contributed by atoms with Crippen molar-refractivity contribution in [2.45, 2.75) is 38.1 Å². The first-order valence-corrected chi connectivity index (χ1v) is 6.32. The van der Waals surface area contributed by atoms with Crippen molar-refractivity contribution in [1.82, 2.24) is 4.90 Å². The van der Waals surface area contributed by atoms with Gasteiger partial charge in [0, 0.05) is 18.5 Å². The molecule has 16 heavy (non-hydrogen) atoms. The van der Waals surface area contributed by atoms with Gasteiger partial charge in [-0.1, -0.05) is 25.0 Å². The molecule has 1 aliphatic heterocycles. The van der Waals surface area contributed by atoms with E-state index in [1.165, 1.54) is 19.3 Å². The van der Waals surface area contributed by atoms with Crippen LogP contribution < -0.4 is 0 Å². The van der Waals surface area contributed by atoms with Crippen LogP contribution in [0.4, 0.5) is 0 Å². The lowest BCUT2D eigenvalue weighted by Crippen LogP contribution is -2.35. The maximum atomic E-state index is 12.3. The van der Waals surface area contributed by atoms with Crippen molar-refractivity contribution in [2.75, 3.05) is 6.54 Å². The number of carbonyl (C=O) groups excluding carboxylic acids is 1. The molecule has 1 heterocycles. The van der Waals surface area contributed by atoms with Crippen LogP contribution in [0.2, 0.25) is 0 Å². The molecule has 0 aromatic heterocycles. The predicted octanol–water partition coefficient (Wildman–Crippen LogP) is 2.77. The number of hydrogen-bond donors (Lipinski definition) is 0. The van der Waals surface area contributed by atoms with Crippen molar-refractivity contribution in [3.05, 3.63) is 25.3 Å². The first-order valence-electron chi connectivity index (χ1n) is 6.32. The van der Waals surface area contributed by atoms with Crippen LogP contribution in [-0.2, 0) is 4.79 Å². The van der Waals surface area contributed by atoms with Gasteiger partial charge in [0.2, 0.25) is 5.91 Å². The van der Waals surface area contributed by atoms with Gasteiger partial charge in [-0.05, 0) is 25.2 Å². The van der Waals surface area contributed by atoms with Crippen LogP contribution >= 0.6 is 0 Å². The van der Waals surface area contributed by atoms with Gasteiger partial charge in [0.15, 0.2) is 0 Å². The summed E-state index contributed by atoms with van der Waals surface area (Å²) in [6.07, 6.45) is 9.52. The smallest absolute Gasteiger partial charge is 0.226 e. The minimum absolute atomic E-state index is 0.290. The van der Waals surface area contributed by atoms with Gasteiger partial charge in [0.1, 0.15) is 0 Å². The molecule has 1 saturated carbocycles. The Morgan fingerprint density at radius 3 is 2.69 bits per heavy atom. The second-order valence-electron chi connectivity index (χ2n) is 4.93. The van der Waals surface area contributed by atoms with Crippen LogP contribution in [0.3, 0.4) is 0 Å². The molecule has 0 spiro atoms. The van der Waals surface area contributed by atoms with Crippen molar-refractivity contribution in [3.63, 3.8) is 0 Å². The molecule has 2 rings (SSSR count). The van der Waals surface area contributed by atoms with Gasteiger partial charge in [-0.3, -0.25) is 4.79 Å². The summed E-state index contributed by atoms with van der Waals surface area (Å²) in [4.78, 5) is 14.3. The van der Waals surface area contributed by atoms with E-state index in [2.05, 4.69) is 13.2 Å². The van der Waals surface area contributed by atoms with E-state index >= 15 is 0 Å². The van der Waals surface area contributed by atoms with Crippen molar-refractivity contribution < 1.29 is 4.79 Å². The Balaban J connectivity index is 2.19. The molecule has 0 bridgehead atoms. The van der Waals surface area contributed by atoms with E-state index in [9.17, 15) is 4.79 Å². The normalized spacial score (nSPS) is 33.6. The summed E-state index contributed by atoms with van der Waals surface area (Å²) in [5, 5.41) is 0. The maximum Gasteiger partial charge on any atom is 0.226 e. The lowest BCUT2D eigenvalue weighted by molar-refractivity contribution is -0.131. The number of nitrogens with zero attached hydrogens (tertiary/aromatic N) is 1. The molecule has 0 N–H and O–H groups in total. The van der Waals surface area contributed by atoms with Gasteiger partial charge < -0.3 is 4.90 Å². The number of likely N-dealkylation sites (tertiary alicyclic amines) is 1. The van der Waals surface area contributed by atoms with Gasteiger partial charge >= 0.3 is 0 Å². The van der Waals surface area contributed by atoms with Gasteiger partial charge in [0.25, 0.3) is 0 Å². The minimum atomic E-state index is 0.290. The Morgan fingerprint density at radius 1 is 1.25 bits per heavy atom. The number of hydrogen-bond acceptors (Lipinski definition) is 1. The van der Waals surface area contributed by atoms with Gasteiger partial charge in [-0.2, -0.15) is 0 Å². The van der Waals surface area contributed by atoms with Crippen molar-refractivity contribution >= 4 is 5.91 Å². The minimum Gasteiger partial charge on any atom is -0.335 e. The SMILES string of the molecule is C=CCC1C2CCCCC2C(=O)N1CC=C. The Morgan fingerprint density at radius 2 is 2.00 bits per heavy atom. The Kier molecular flexibility index (Phi) is 3.47. The third kappa shape index (κ3) is 1.81. The van der Waals surface area contributed by atoms with E-state index < -0.39 is 0 Å². The number of amides is 1.